The van der Waals surface area contributed by atoms with Gasteiger partial charge in [0.1, 0.15) is 18.8 Å². The monoisotopic (exact) mass is 380 g/mol. The Hall–Kier alpha value is -2.77. The summed E-state index contributed by atoms with van der Waals surface area (Å²) in [5, 5.41) is 2.54. The van der Waals surface area contributed by atoms with Crippen LogP contribution >= 0.6 is 0 Å². The Morgan fingerprint density at radius 3 is 2.33 bits per heavy atom. The molecule has 0 radical (unpaired) electrons. The van der Waals surface area contributed by atoms with Gasteiger partial charge < -0.3 is 19.5 Å². The molecule has 1 rings (SSSR count). The van der Waals surface area contributed by atoms with Crippen LogP contribution in [-0.4, -0.2) is 54.9 Å². The van der Waals surface area contributed by atoms with E-state index in [1.807, 2.05) is 30.3 Å². The van der Waals surface area contributed by atoms with Gasteiger partial charge in [-0.2, -0.15) is 0 Å². The normalized spacial score (nSPS) is 10.7. The molecule has 0 fully saturated rings. The molecule has 1 aromatic carbocycles. The van der Waals surface area contributed by atoms with Gasteiger partial charge in [0.15, 0.2) is 0 Å². The second-order valence-corrected chi connectivity index (χ2v) is 6.70. The quantitative estimate of drug-likeness (QED) is 0.550. The molecule has 0 aliphatic carbocycles. The fourth-order valence-corrected chi connectivity index (χ4v) is 2.02. The third kappa shape index (κ3) is 10.1. The first kappa shape index (κ1) is 22.3. The van der Waals surface area contributed by atoms with Crippen molar-refractivity contribution in [2.24, 2.45) is 0 Å². The van der Waals surface area contributed by atoms with Crippen LogP contribution in [0.2, 0.25) is 0 Å². The number of ether oxygens (including phenoxy) is 3. The van der Waals surface area contributed by atoms with E-state index in [-0.39, 0.29) is 32.8 Å². The van der Waals surface area contributed by atoms with Gasteiger partial charge >= 0.3 is 18.2 Å². The second kappa shape index (κ2) is 11.1. The molecule has 0 saturated carbocycles. The molecule has 0 aliphatic heterocycles. The van der Waals surface area contributed by atoms with Crippen molar-refractivity contribution in [1.29, 1.82) is 0 Å². The molecule has 0 saturated heterocycles. The highest BCUT2D eigenvalue weighted by Crippen LogP contribution is 2.06. The number of esters is 1. The van der Waals surface area contributed by atoms with Crippen molar-refractivity contribution >= 4 is 18.2 Å². The number of rotatable bonds is 8. The van der Waals surface area contributed by atoms with Gasteiger partial charge in [0.25, 0.3) is 0 Å². The minimum Gasteiger partial charge on any atom is -0.465 e. The molecule has 8 nitrogen and oxygen atoms in total. The van der Waals surface area contributed by atoms with Gasteiger partial charge in [-0.1, -0.05) is 30.3 Å². The van der Waals surface area contributed by atoms with Crippen LogP contribution in [0.15, 0.2) is 30.3 Å². The minimum atomic E-state index is -0.669. The molecule has 0 atom stereocenters. The van der Waals surface area contributed by atoms with Crippen LogP contribution in [0.3, 0.4) is 0 Å². The van der Waals surface area contributed by atoms with Gasteiger partial charge in [-0.05, 0) is 33.3 Å². The lowest BCUT2D eigenvalue weighted by Crippen LogP contribution is -2.43. The Labute approximate surface area is 159 Å². The van der Waals surface area contributed by atoms with Crippen LogP contribution in [0.5, 0.6) is 0 Å². The van der Waals surface area contributed by atoms with Crippen LogP contribution in [0.25, 0.3) is 0 Å². The number of amides is 2. The molecule has 8 heteroatoms. The molecular weight excluding hydrogens is 352 g/mol. The minimum absolute atomic E-state index is 0.0751. The first-order valence-corrected chi connectivity index (χ1v) is 8.79. The van der Waals surface area contributed by atoms with E-state index in [1.165, 1.54) is 4.90 Å². The third-order valence-corrected chi connectivity index (χ3v) is 3.14. The van der Waals surface area contributed by atoms with Crippen LogP contribution in [0.4, 0.5) is 9.59 Å². The van der Waals surface area contributed by atoms with Crippen molar-refractivity contribution in [3.8, 4) is 0 Å². The number of hydrogen-bond donors (Lipinski definition) is 1. The average molecular weight is 380 g/mol. The highest BCUT2D eigenvalue weighted by atomic mass is 16.6. The lowest BCUT2D eigenvalue weighted by atomic mass is 10.2. The zero-order chi connectivity index (χ0) is 20.3. The molecule has 1 aromatic rings. The molecule has 0 aliphatic rings. The fourth-order valence-electron chi connectivity index (χ4n) is 2.02. The van der Waals surface area contributed by atoms with Gasteiger partial charge in [0.2, 0.25) is 0 Å². The molecule has 0 unspecified atom stereocenters. The Morgan fingerprint density at radius 2 is 1.74 bits per heavy atom. The van der Waals surface area contributed by atoms with Crippen molar-refractivity contribution in [3.05, 3.63) is 35.9 Å². The van der Waals surface area contributed by atoms with Crippen LogP contribution in [-0.2, 0) is 25.6 Å². The first-order chi connectivity index (χ1) is 12.7. The summed E-state index contributed by atoms with van der Waals surface area (Å²) in [6.45, 7) is 7.14. The van der Waals surface area contributed by atoms with Crippen molar-refractivity contribution in [1.82, 2.24) is 10.2 Å². The van der Waals surface area contributed by atoms with Gasteiger partial charge in [-0.15, -0.1) is 0 Å². The summed E-state index contributed by atoms with van der Waals surface area (Å²) < 4.78 is 15.2. The number of benzene rings is 1. The zero-order valence-corrected chi connectivity index (χ0v) is 16.3. The Bertz CT molecular complexity index is 612. The maximum absolute atomic E-state index is 12.3. The van der Waals surface area contributed by atoms with Crippen molar-refractivity contribution in [3.63, 3.8) is 0 Å². The Balaban J connectivity index is 2.56. The number of nitrogens with one attached hydrogen (secondary N) is 1. The van der Waals surface area contributed by atoms with E-state index < -0.39 is 23.8 Å². The van der Waals surface area contributed by atoms with Crippen molar-refractivity contribution in [2.75, 3.05) is 26.2 Å². The number of carbonyl (C=O) groups is 3. The molecule has 0 bridgehead atoms. The Kier molecular flexibility index (Phi) is 9.12. The summed E-state index contributed by atoms with van der Waals surface area (Å²) >= 11 is 0. The van der Waals surface area contributed by atoms with Gasteiger partial charge in [0.05, 0.1) is 6.61 Å². The van der Waals surface area contributed by atoms with Crippen molar-refractivity contribution < 1.29 is 28.6 Å². The third-order valence-electron chi connectivity index (χ3n) is 3.14. The van der Waals surface area contributed by atoms with E-state index >= 15 is 0 Å². The van der Waals surface area contributed by atoms with E-state index in [9.17, 15) is 14.4 Å². The summed E-state index contributed by atoms with van der Waals surface area (Å²) in [7, 11) is 0. The number of nitrogens with zero attached hydrogens (tertiary/aromatic N) is 1. The average Bonchev–Trinajstić information content (AvgIpc) is 2.58. The standard InChI is InChI=1S/C19H28N2O6/c1-5-25-16(22)13-21(12-11-20-17(23)27-19(2,3)4)18(24)26-14-15-9-7-6-8-10-15/h6-10H,5,11-14H2,1-4H3,(H,20,23). The van der Waals surface area contributed by atoms with E-state index in [0.717, 1.165) is 5.56 Å². The molecule has 0 heterocycles. The number of hydrogen-bond acceptors (Lipinski definition) is 6. The summed E-state index contributed by atoms with van der Waals surface area (Å²) in [5.41, 5.74) is 0.206. The van der Waals surface area contributed by atoms with E-state index in [4.69, 9.17) is 14.2 Å². The van der Waals surface area contributed by atoms with Gasteiger partial charge in [-0.3, -0.25) is 9.69 Å². The zero-order valence-electron chi connectivity index (χ0n) is 16.3. The summed E-state index contributed by atoms with van der Waals surface area (Å²) in [6, 6.07) is 9.19. The molecule has 150 valence electrons. The SMILES string of the molecule is CCOC(=O)CN(CCNC(=O)OC(C)(C)C)C(=O)OCc1ccccc1. The molecule has 0 spiro atoms. The van der Waals surface area contributed by atoms with Gasteiger partial charge in [-0.25, -0.2) is 9.59 Å². The first-order valence-electron chi connectivity index (χ1n) is 8.79. The van der Waals surface area contributed by atoms with Crippen LogP contribution < -0.4 is 5.32 Å². The smallest absolute Gasteiger partial charge is 0.410 e. The van der Waals surface area contributed by atoms with Crippen LogP contribution in [0.1, 0.15) is 33.3 Å². The number of carbonyl (C=O) groups excluding carboxylic acids is 3. The van der Waals surface area contributed by atoms with E-state index in [2.05, 4.69) is 5.32 Å². The fraction of sp³-hybridized carbons (Fsp3) is 0.526. The predicted molar refractivity (Wildman–Crippen MR) is 99.1 cm³/mol. The second-order valence-electron chi connectivity index (χ2n) is 6.70. The lowest BCUT2D eigenvalue weighted by molar-refractivity contribution is -0.144. The largest absolute Gasteiger partial charge is 0.465 e. The molecule has 1 N–H and O–H groups in total. The summed E-state index contributed by atoms with van der Waals surface area (Å²) in [5.74, 6) is -0.550. The van der Waals surface area contributed by atoms with Crippen molar-refractivity contribution in [2.45, 2.75) is 39.9 Å². The number of alkyl carbamates (subject to hydrolysis) is 1. The molecule has 2 amide bonds. The highest BCUT2D eigenvalue weighted by molar-refractivity contribution is 5.78. The molecule has 0 aromatic heterocycles. The lowest BCUT2D eigenvalue weighted by Gasteiger charge is -2.23. The highest BCUT2D eigenvalue weighted by Gasteiger charge is 2.21. The van der Waals surface area contributed by atoms with E-state index in [1.54, 1.807) is 27.7 Å². The maximum atomic E-state index is 12.3. The molecular formula is C19H28N2O6. The molecule has 27 heavy (non-hydrogen) atoms. The summed E-state index contributed by atoms with van der Waals surface area (Å²) in [4.78, 5) is 36.9. The van der Waals surface area contributed by atoms with E-state index in [0.29, 0.717) is 0 Å². The topological polar surface area (TPSA) is 94.2 Å². The predicted octanol–water partition coefficient (Wildman–Crippen LogP) is 2.71. The maximum Gasteiger partial charge on any atom is 0.410 e. The Morgan fingerprint density at radius 1 is 1.07 bits per heavy atom. The van der Waals surface area contributed by atoms with Crippen LogP contribution in [0, 0.1) is 0 Å². The summed E-state index contributed by atoms with van der Waals surface area (Å²) in [6.07, 6.45) is -1.27. The van der Waals surface area contributed by atoms with Gasteiger partial charge in [0, 0.05) is 13.1 Å².